The number of rotatable bonds is 2. The van der Waals surface area contributed by atoms with Crippen LogP contribution in [0.4, 0.5) is 0 Å². The van der Waals surface area contributed by atoms with E-state index in [0.29, 0.717) is 5.84 Å². The highest BCUT2D eigenvalue weighted by Gasteiger charge is 2.22. The fourth-order valence-corrected chi connectivity index (χ4v) is 1.85. The van der Waals surface area contributed by atoms with Crippen LogP contribution in [0.25, 0.3) is 0 Å². The van der Waals surface area contributed by atoms with Gasteiger partial charge in [-0.25, -0.2) is 0 Å². The topological polar surface area (TPSA) is 61.8 Å². The maximum Gasteiger partial charge on any atom is 0.156 e. The van der Waals surface area contributed by atoms with Crippen LogP contribution in [-0.4, -0.2) is 35.1 Å². The number of oxime groups is 1. The van der Waals surface area contributed by atoms with E-state index in [4.69, 9.17) is 10.9 Å². The van der Waals surface area contributed by atoms with Crippen LogP contribution in [-0.2, 0) is 0 Å². The lowest BCUT2D eigenvalue weighted by Gasteiger charge is -2.34. The number of piperidine rings is 1. The van der Waals surface area contributed by atoms with Gasteiger partial charge in [0.25, 0.3) is 0 Å². The van der Waals surface area contributed by atoms with Gasteiger partial charge in [-0.05, 0) is 32.2 Å². The highest BCUT2D eigenvalue weighted by atomic mass is 16.4. The minimum Gasteiger partial charge on any atom is -0.409 e. The van der Waals surface area contributed by atoms with E-state index >= 15 is 0 Å². The van der Waals surface area contributed by atoms with Crippen LogP contribution in [0.1, 0.15) is 26.7 Å². The molecule has 1 aliphatic rings. The summed E-state index contributed by atoms with van der Waals surface area (Å²) in [6.07, 6.45) is 2.50. The summed E-state index contributed by atoms with van der Waals surface area (Å²) < 4.78 is 0. The average molecular weight is 185 g/mol. The Balaban J connectivity index is 2.50. The summed E-state index contributed by atoms with van der Waals surface area (Å²) in [6, 6.07) is 0.0627. The Bertz CT molecular complexity index is 193. The summed E-state index contributed by atoms with van der Waals surface area (Å²) in [5.74, 6) is 1.04. The van der Waals surface area contributed by atoms with Crippen molar-refractivity contribution in [1.82, 2.24) is 4.90 Å². The van der Waals surface area contributed by atoms with Gasteiger partial charge >= 0.3 is 0 Å². The second kappa shape index (κ2) is 4.46. The predicted molar refractivity (Wildman–Crippen MR) is 52.8 cm³/mol. The molecule has 1 fully saturated rings. The molecule has 0 saturated carbocycles. The van der Waals surface area contributed by atoms with Gasteiger partial charge in [-0.2, -0.15) is 0 Å². The summed E-state index contributed by atoms with van der Waals surface area (Å²) in [5.41, 5.74) is 5.55. The number of nitrogens with two attached hydrogens (primary N) is 1. The van der Waals surface area contributed by atoms with E-state index in [-0.39, 0.29) is 6.04 Å². The quantitative estimate of drug-likeness (QED) is 0.290. The molecule has 0 aromatic rings. The van der Waals surface area contributed by atoms with Crippen LogP contribution in [0.3, 0.4) is 0 Å². The standard InChI is InChI=1S/C9H19N3O/c1-7-4-3-5-12(6-7)8(2)9(10)11-13/h7-8,13H,3-6H2,1-2H3,(H2,10,11). The first-order valence-electron chi connectivity index (χ1n) is 4.86. The Kier molecular flexibility index (Phi) is 3.54. The monoisotopic (exact) mass is 185 g/mol. The SMILES string of the molecule is CC1CCCN(C(C)C(N)=NO)C1. The van der Waals surface area contributed by atoms with E-state index in [9.17, 15) is 0 Å². The smallest absolute Gasteiger partial charge is 0.156 e. The number of amidine groups is 1. The highest BCUT2D eigenvalue weighted by Crippen LogP contribution is 2.17. The molecule has 0 amide bonds. The maximum atomic E-state index is 8.54. The maximum absolute atomic E-state index is 8.54. The lowest BCUT2D eigenvalue weighted by atomic mass is 9.99. The van der Waals surface area contributed by atoms with Crippen molar-refractivity contribution in [3.63, 3.8) is 0 Å². The van der Waals surface area contributed by atoms with Gasteiger partial charge in [0.05, 0.1) is 6.04 Å². The zero-order valence-corrected chi connectivity index (χ0v) is 8.40. The van der Waals surface area contributed by atoms with Gasteiger partial charge in [0.2, 0.25) is 0 Å². The second-order valence-electron chi connectivity index (χ2n) is 3.94. The van der Waals surface area contributed by atoms with Gasteiger partial charge in [0, 0.05) is 6.54 Å². The first-order chi connectivity index (χ1) is 6.15. The third-order valence-corrected chi connectivity index (χ3v) is 2.78. The van der Waals surface area contributed by atoms with E-state index in [1.807, 2.05) is 6.92 Å². The van der Waals surface area contributed by atoms with Crippen molar-refractivity contribution in [2.45, 2.75) is 32.7 Å². The zero-order chi connectivity index (χ0) is 9.84. The molecule has 0 spiro atoms. The highest BCUT2D eigenvalue weighted by molar-refractivity contribution is 5.84. The van der Waals surface area contributed by atoms with E-state index in [1.165, 1.54) is 12.8 Å². The van der Waals surface area contributed by atoms with Crippen LogP contribution in [0.2, 0.25) is 0 Å². The normalized spacial score (nSPS) is 28.8. The van der Waals surface area contributed by atoms with Gasteiger partial charge in [-0.1, -0.05) is 12.1 Å². The molecule has 1 aliphatic heterocycles. The molecule has 2 atom stereocenters. The summed E-state index contributed by atoms with van der Waals surface area (Å²) in [6.45, 7) is 6.33. The van der Waals surface area contributed by atoms with Gasteiger partial charge in [-0.15, -0.1) is 0 Å². The fraction of sp³-hybridized carbons (Fsp3) is 0.889. The Morgan fingerprint density at radius 2 is 2.38 bits per heavy atom. The van der Waals surface area contributed by atoms with Crippen LogP contribution >= 0.6 is 0 Å². The van der Waals surface area contributed by atoms with E-state index in [0.717, 1.165) is 19.0 Å². The summed E-state index contributed by atoms with van der Waals surface area (Å²) >= 11 is 0. The Morgan fingerprint density at radius 1 is 1.69 bits per heavy atom. The van der Waals surface area contributed by atoms with E-state index in [2.05, 4.69) is 17.0 Å². The second-order valence-corrected chi connectivity index (χ2v) is 3.94. The molecule has 4 nitrogen and oxygen atoms in total. The lowest BCUT2D eigenvalue weighted by Crippen LogP contribution is -2.47. The summed E-state index contributed by atoms with van der Waals surface area (Å²) in [4.78, 5) is 2.27. The fourth-order valence-electron chi connectivity index (χ4n) is 1.85. The van der Waals surface area contributed by atoms with Gasteiger partial charge in [0.15, 0.2) is 5.84 Å². The predicted octanol–water partition coefficient (Wildman–Crippen LogP) is 0.853. The molecule has 0 radical (unpaired) electrons. The van der Waals surface area contributed by atoms with Crippen molar-refractivity contribution < 1.29 is 5.21 Å². The molecule has 3 N–H and O–H groups in total. The Morgan fingerprint density at radius 3 is 2.92 bits per heavy atom. The van der Waals surface area contributed by atoms with Crippen molar-refractivity contribution in [3.05, 3.63) is 0 Å². The van der Waals surface area contributed by atoms with Gasteiger partial charge in [-0.3, -0.25) is 4.90 Å². The van der Waals surface area contributed by atoms with Crippen molar-refractivity contribution >= 4 is 5.84 Å². The van der Waals surface area contributed by atoms with Crippen LogP contribution in [0.5, 0.6) is 0 Å². The molecule has 0 aromatic carbocycles. The molecule has 4 heteroatoms. The molecular weight excluding hydrogens is 166 g/mol. The lowest BCUT2D eigenvalue weighted by molar-refractivity contribution is 0.165. The minimum absolute atomic E-state index is 0.0627. The first-order valence-corrected chi connectivity index (χ1v) is 4.86. The number of likely N-dealkylation sites (tertiary alicyclic amines) is 1. The summed E-state index contributed by atoms with van der Waals surface area (Å²) in [7, 11) is 0. The first kappa shape index (κ1) is 10.3. The molecule has 1 saturated heterocycles. The molecule has 0 aromatic heterocycles. The van der Waals surface area contributed by atoms with Gasteiger partial charge < -0.3 is 10.9 Å². The van der Waals surface area contributed by atoms with E-state index < -0.39 is 0 Å². The molecule has 1 rings (SSSR count). The Labute approximate surface area is 79.4 Å². The molecule has 13 heavy (non-hydrogen) atoms. The van der Waals surface area contributed by atoms with Crippen molar-refractivity contribution in [2.24, 2.45) is 16.8 Å². The van der Waals surface area contributed by atoms with Crippen LogP contribution in [0.15, 0.2) is 5.16 Å². The third kappa shape index (κ3) is 2.59. The van der Waals surface area contributed by atoms with E-state index in [1.54, 1.807) is 0 Å². The summed E-state index contributed by atoms with van der Waals surface area (Å²) in [5, 5.41) is 11.6. The van der Waals surface area contributed by atoms with Crippen molar-refractivity contribution in [3.8, 4) is 0 Å². The largest absolute Gasteiger partial charge is 0.409 e. The number of nitrogens with zero attached hydrogens (tertiary/aromatic N) is 2. The molecule has 0 bridgehead atoms. The number of hydrogen-bond donors (Lipinski definition) is 2. The molecule has 76 valence electrons. The van der Waals surface area contributed by atoms with Crippen molar-refractivity contribution in [1.29, 1.82) is 0 Å². The minimum atomic E-state index is 0.0627. The Hall–Kier alpha value is -0.770. The molecule has 0 aliphatic carbocycles. The van der Waals surface area contributed by atoms with Crippen molar-refractivity contribution in [2.75, 3.05) is 13.1 Å². The zero-order valence-electron chi connectivity index (χ0n) is 8.40. The molecular formula is C9H19N3O. The van der Waals surface area contributed by atoms with Crippen LogP contribution in [0, 0.1) is 5.92 Å². The average Bonchev–Trinajstić information content (AvgIpc) is 2.15. The molecule has 1 heterocycles. The number of hydrogen-bond acceptors (Lipinski definition) is 3. The van der Waals surface area contributed by atoms with Gasteiger partial charge in [0.1, 0.15) is 0 Å². The third-order valence-electron chi connectivity index (χ3n) is 2.78. The van der Waals surface area contributed by atoms with Crippen LogP contribution < -0.4 is 5.73 Å². The molecule has 2 unspecified atom stereocenters.